The van der Waals surface area contributed by atoms with Crippen molar-refractivity contribution in [3.05, 3.63) is 22.2 Å². The van der Waals surface area contributed by atoms with Crippen LogP contribution in [0.4, 0.5) is 5.69 Å². The predicted molar refractivity (Wildman–Crippen MR) is 86.4 cm³/mol. The summed E-state index contributed by atoms with van der Waals surface area (Å²) >= 11 is 3.44. The Morgan fingerprint density at radius 1 is 1.38 bits per heavy atom. The lowest BCUT2D eigenvalue weighted by atomic mass is 9.84. The Balaban J connectivity index is 1.82. The van der Waals surface area contributed by atoms with Gasteiger partial charge in [-0.2, -0.15) is 0 Å². The largest absolute Gasteiger partial charge is 0.495 e. The molecule has 3 N–H and O–H groups in total. The van der Waals surface area contributed by atoms with Crippen LogP contribution in [0.25, 0.3) is 0 Å². The van der Waals surface area contributed by atoms with Gasteiger partial charge in [-0.1, -0.05) is 15.9 Å². The molecule has 0 saturated heterocycles. The van der Waals surface area contributed by atoms with Gasteiger partial charge in [-0.15, -0.1) is 0 Å². The first-order valence-corrected chi connectivity index (χ1v) is 8.21. The summed E-state index contributed by atoms with van der Waals surface area (Å²) in [6.07, 6.45) is 3.42. The number of ether oxygens (including phenoxy) is 1. The summed E-state index contributed by atoms with van der Waals surface area (Å²) in [7, 11) is 1.61. The van der Waals surface area contributed by atoms with Crippen LogP contribution in [0.3, 0.4) is 0 Å². The number of nitrogens with one attached hydrogen (secondary N) is 1. The van der Waals surface area contributed by atoms with E-state index in [1.807, 2.05) is 19.1 Å². The van der Waals surface area contributed by atoms with Gasteiger partial charge in [-0.3, -0.25) is 4.79 Å². The quantitative estimate of drug-likeness (QED) is 0.878. The van der Waals surface area contributed by atoms with Crippen molar-refractivity contribution in [2.75, 3.05) is 12.4 Å². The zero-order valence-corrected chi connectivity index (χ0v) is 13.9. The smallest absolute Gasteiger partial charge is 0.229 e. The molecule has 0 aromatic heterocycles. The fraction of sp³-hybridized carbons (Fsp3) is 0.562. The highest BCUT2D eigenvalue weighted by Crippen LogP contribution is 2.48. The Morgan fingerprint density at radius 2 is 2.10 bits per heavy atom. The highest BCUT2D eigenvalue weighted by atomic mass is 79.9. The standard InChI is InChI=1S/C16H21BrN2O2/c1-8-5-11(17)7-12(21-2)15(8)19-16(20)13-9-3-4-10(6-9)14(13)18/h5,7,9-10,13-14H,3-4,6,18H2,1-2H3,(H,19,20). The number of anilines is 1. The van der Waals surface area contributed by atoms with E-state index in [4.69, 9.17) is 10.5 Å². The number of halogens is 1. The molecule has 4 unspecified atom stereocenters. The molecule has 21 heavy (non-hydrogen) atoms. The van der Waals surface area contributed by atoms with Crippen molar-refractivity contribution in [1.82, 2.24) is 0 Å². The molecule has 5 heteroatoms. The molecular formula is C16H21BrN2O2. The lowest BCUT2D eigenvalue weighted by molar-refractivity contribution is -0.121. The van der Waals surface area contributed by atoms with Crippen LogP contribution in [0.1, 0.15) is 24.8 Å². The van der Waals surface area contributed by atoms with Gasteiger partial charge >= 0.3 is 0 Å². The number of amides is 1. The van der Waals surface area contributed by atoms with E-state index in [0.717, 1.165) is 28.6 Å². The number of benzene rings is 1. The van der Waals surface area contributed by atoms with Crippen molar-refractivity contribution < 1.29 is 9.53 Å². The van der Waals surface area contributed by atoms with Gasteiger partial charge in [-0.25, -0.2) is 0 Å². The molecule has 4 nitrogen and oxygen atoms in total. The fourth-order valence-corrected chi connectivity index (χ4v) is 4.52. The maximum atomic E-state index is 12.7. The SMILES string of the molecule is COc1cc(Br)cc(C)c1NC(=O)C1C2CCC(C2)C1N. The minimum Gasteiger partial charge on any atom is -0.495 e. The first kappa shape index (κ1) is 14.9. The molecule has 2 aliphatic rings. The van der Waals surface area contributed by atoms with E-state index in [2.05, 4.69) is 21.2 Å². The number of hydrogen-bond donors (Lipinski definition) is 2. The van der Waals surface area contributed by atoms with E-state index in [9.17, 15) is 4.79 Å². The van der Waals surface area contributed by atoms with Crippen LogP contribution in [-0.4, -0.2) is 19.1 Å². The van der Waals surface area contributed by atoms with Crippen LogP contribution in [0.5, 0.6) is 5.75 Å². The molecule has 2 bridgehead atoms. The lowest BCUT2D eigenvalue weighted by Gasteiger charge is -2.27. The van der Waals surface area contributed by atoms with E-state index in [1.54, 1.807) is 7.11 Å². The summed E-state index contributed by atoms with van der Waals surface area (Å²) in [5, 5.41) is 3.05. The molecule has 3 rings (SSSR count). The molecule has 1 aromatic rings. The Kier molecular flexibility index (Phi) is 3.97. The topological polar surface area (TPSA) is 64.3 Å². The number of aryl methyl sites for hydroxylation is 1. The van der Waals surface area contributed by atoms with Crippen molar-refractivity contribution in [3.63, 3.8) is 0 Å². The van der Waals surface area contributed by atoms with Crippen LogP contribution in [-0.2, 0) is 4.79 Å². The first-order valence-electron chi connectivity index (χ1n) is 7.42. The number of rotatable bonds is 3. The first-order chi connectivity index (χ1) is 10.0. The molecule has 114 valence electrons. The maximum Gasteiger partial charge on any atom is 0.229 e. The Morgan fingerprint density at radius 3 is 2.71 bits per heavy atom. The van der Waals surface area contributed by atoms with Crippen molar-refractivity contribution in [3.8, 4) is 5.75 Å². The lowest BCUT2D eigenvalue weighted by Crippen LogP contribution is -2.42. The summed E-state index contributed by atoms with van der Waals surface area (Å²) in [5.74, 6) is 1.63. The van der Waals surface area contributed by atoms with Crippen LogP contribution in [0, 0.1) is 24.7 Å². The van der Waals surface area contributed by atoms with Crippen molar-refractivity contribution in [1.29, 1.82) is 0 Å². The van der Waals surface area contributed by atoms with Gasteiger partial charge in [0.1, 0.15) is 5.75 Å². The molecular weight excluding hydrogens is 332 g/mol. The number of carbonyl (C=O) groups excluding carboxylic acids is 1. The van der Waals surface area contributed by atoms with E-state index in [1.165, 1.54) is 6.42 Å². The summed E-state index contributed by atoms with van der Waals surface area (Å²) in [4.78, 5) is 12.7. The van der Waals surface area contributed by atoms with Crippen molar-refractivity contribution in [2.45, 2.75) is 32.2 Å². The Labute approximate surface area is 133 Å². The molecule has 2 saturated carbocycles. The Hall–Kier alpha value is -1.07. The monoisotopic (exact) mass is 352 g/mol. The van der Waals surface area contributed by atoms with E-state index >= 15 is 0 Å². The molecule has 0 radical (unpaired) electrons. The average Bonchev–Trinajstić information content (AvgIpc) is 3.02. The van der Waals surface area contributed by atoms with Crippen LogP contribution in [0.2, 0.25) is 0 Å². The number of hydrogen-bond acceptors (Lipinski definition) is 3. The van der Waals surface area contributed by atoms with Crippen molar-refractivity contribution in [2.24, 2.45) is 23.5 Å². The third-order valence-corrected chi connectivity index (χ3v) is 5.47. The van der Waals surface area contributed by atoms with Gasteiger partial charge in [0.15, 0.2) is 0 Å². The van der Waals surface area contributed by atoms with E-state index in [-0.39, 0.29) is 17.9 Å². The molecule has 0 heterocycles. The molecule has 0 spiro atoms. The minimum absolute atomic E-state index is 0.00509. The fourth-order valence-electron chi connectivity index (χ4n) is 3.96. The van der Waals surface area contributed by atoms with E-state index < -0.39 is 0 Å². The molecule has 2 fully saturated rings. The second-order valence-electron chi connectivity index (χ2n) is 6.23. The Bertz CT molecular complexity index is 574. The molecule has 4 atom stereocenters. The third kappa shape index (κ3) is 2.57. The second kappa shape index (κ2) is 5.61. The molecule has 0 aliphatic heterocycles. The summed E-state index contributed by atoms with van der Waals surface area (Å²) < 4.78 is 6.32. The minimum atomic E-state index is -0.0588. The van der Waals surface area contributed by atoms with Crippen LogP contribution >= 0.6 is 15.9 Å². The average molecular weight is 353 g/mol. The maximum absolute atomic E-state index is 12.7. The highest BCUT2D eigenvalue weighted by molar-refractivity contribution is 9.10. The third-order valence-electron chi connectivity index (χ3n) is 5.02. The van der Waals surface area contributed by atoms with Gasteiger partial charge in [0, 0.05) is 10.5 Å². The highest BCUT2D eigenvalue weighted by Gasteiger charge is 2.49. The van der Waals surface area contributed by atoms with Gasteiger partial charge < -0.3 is 15.8 Å². The predicted octanol–water partition coefficient (Wildman–Crippen LogP) is 3.08. The van der Waals surface area contributed by atoms with Crippen LogP contribution < -0.4 is 15.8 Å². The summed E-state index contributed by atoms with van der Waals surface area (Å²) in [6, 6.07) is 3.84. The van der Waals surface area contributed by atoms with Crippen LogP contribution in [0.15, 0.2) is 16.6 Å². The van der Waals surface area contributed by atoms with Gasteiger partial charge in [0.25, 0.3) is 0 Å². The molecule has 1 aromatic carbocycles. The summed E-state index contributed by atoms with van der Waals surface area (Å²) in [5.41, 5.74) is 7.98. The number of carbonyl (C=O) groups is 1. The number of methoxy groups -OCH3 is 1. The number of nitrogens with two attached hydrogens (primary N) is 1. The van der Waals surface area contributed by atoms with E-state index in [0.29, 0.717) is 17.6 Å². The van der Waals surface area contributed by atoms with Gasteiger partial charge in [-0.05, 0) is 55.7 Å². The normalized spacial score (nSPS) is 30.5. The zero-order chi connectivity index (χ0) is 15.1. The number of fused-ring (bicyclic) bond motifs is 2. The second-order valence-corrected chi connectivity index (χ2v) is 7.14. The van der Waals surface area contributed by atoms with Crippen molar-refractivity contribution >= 4 is 27.5 Å². The van der Waals surface area contributed by atoms with Gasteiger partial charge in [0.2, 0.25) is 5.91 Å². The molecule has 1 amide bonds. The van der Waals surface area contributed by atoms with Gasteiger partial charge in [0.05, 0.1) is 18.7 Å². The zero-order valence-electron chi connectivity index (χ0n) is 12.4. The summed E-state index contributed by atoms with van der Waals surface area (Å²) in [6.45, 7) is 1.96. The molecule has 2 aliphatic carbocycles.